The van der Waals surface area contributed by atoms with Gasteiger partial charge in [-0.05, 0) is 39.3 Å². The molecular formula is C29H55NO8Si2. The van der Waals surface area contributed by atoms with Crippen LogP contribution in [0.2, 0.25) is 33.2 Å². The van der Waals surface area contributed by atoms with E-state index < -0.39 is 22.7 Å². The first-order valence-electron chi connectivity index (χ1n) is 14.9. The largest absolute Gasteiger partial charge is 0.459 e. The van der Waals surface area contributed by atoms with E-state index in [9.17, 15) is 19.7 Å². The van der Waals surface area contributed by atoms with Crippen molar-refractivity contribution in [2.75, 3.05) is 19.8 Å². The van der Waals surface area contributed by atoms with Gasteiger partial charge in [0.25, 0.3) is 0 Å². The van der Waals surface area contributed by atoms with Crippen molar-refractivity contribution in [3.05, 3.63) is 22.3 Å². The van der Waals surface area contributed by atoms with E-state index in [0.29, 0.717) is 39.9 Å². The number of hydrogen-bond donors (Lipinski definition) is 0. The van der Waals surface area contributed by atoms with Gasteiger partial charge in [-0.2, -0.15) is 0 Å². The summed E-state index contributed by atoms with van der Waals surface area (Å²) in [5.74, 6) is -0.985. The molecule has 0 radical (unpaired) electrons. The van der Waals surface area contributed by atoms with Crippen molar-refractivity contribution in [2.24, 2.45) is 5.92 Å². The van der Waals surface area contributed by atoms with Gasteiger partial charge in [0, 0.05) is 11.0 Å². The smallest absolute Gasteiger partial charge is 0.331 e. The van der Waals surface area contributed by atoms with Crippen LogP contribution < -0.4 is 0 Å². The van der Waals surface area contributed by atoms with Gasteiger partial charge in [-0.25, -0.2) is 4.79 Å². The highest BCUT2D eigenvalue weighted by Gasteiger charge is 2.48. The van der Waals surface area contributed by atoms with E-state index in [1.165, 1.54) is 6.08 Å². The zero-order chi connectivity index (χ0) is 31.0. The highest BCUT2D eigenvalue weighted by Crippen LogP contribution is 2.43. The molecule has 9 nitrogen and oxygen atoms in total. The van der Waals surface area contributed by atoms with Crippen LogP contribution in [0.15, 0.2) is 12.2 Å². The van der Waals surface area contributed by atoms with Crippen LogP contribution in [0.25, 0.3) is 0 Å². The molecule has 0 unspecified atom stereocenters. The maximum absolute atomic E-state index is 11.5. The third kappa shape index (κ3) is 8.96. The molecule has 1 saturated heterocycles. The van der Waals surface area contributed by atoms with E-state index in [1.807, 2.05) is 0 Å². The molecule has 0 aromatic rings. The highest BCUT2D eigenvalue weighted by atomic mass is 28.4. The molecule has 0 amide bonds. The van der Waals surface area contributed by atoms with Gasteiger partial charge in [-0.15, -0.1) is 0 Å². The summed E-state index contributed by atoms with van der Waals surface area (Å²) < 4.78 is 23.2. The van der Waals surface area contributed by atoms with Crippen LogP contribution in [0.3, 0.4) is 0 Å². The fourth-order valence-electron chi connectivity index (χ4n) is 7.16. The number of rotatable bonds is 14. The lowest BCUT2D eigenvalue weighted by Gasteiger charge is -2.42. The Bertz CT molecular complexity index is 829. The van der Waals surface area contributed by atoms with Gasteiger partial charge in [0.2, 0.25) is 23.2 Å². The van der Waals surface area contributed by atoms with E-state index in [4.69, 9.17) is 18.3 Å². The molecule has 0 aliphatic carbocycles. The summed E-state index contributed by atoms with van der Waals surface area (Å²) in [5, 5.41) is 10.7. The maximum atomic E-state index is 11.5. The third-order valence-electron chi connectivity index (χ3n) is 8.74. The van der Waals surface area contributed by atoms with Gasteiger partial charge in [0.1, 0.15) is 12.2 Å². The first kappa shape index (κ1) is 36.5. The number of carbonyl (C=O) groups is 2. The monoisotopic (exact) mass is 601 g/mol. The lowest BCUT2D eigenvalue weighted by atomic mass is 10.0. The van der Waals surface area contributed by atoms with Crippen molar-refractivity contribution in [3.8, 4) is 0 Å². The minimum absolute atomic E-state index is 0.120. The van der Waals surface area contributed by atoms with Gasteiger partial charge in [-0.1, -0.05) is 83.1 Å². The van der Waals surface area contributed by atoms with E-state index in [-0.39, 0.29) is 48.5 Å². The predicted octanol–water partition coefficient (Wildman–Crippen LogP) is 7.05. The Kier molecular flexibility index (Phi) is 14.2. The SMILES string of the molecule is CC(C)[Si](OC[C@@H]1C=CC(=O)O1)(C(C)C)C(C)C.CC(C)[Si](OC[C@H]1OC(=O)C[C@@H]1C[N+](=O)[O-])(C(C)C)C(C)C. The van der Waals surface area contributed by atoms with Crippen LogP contribution >= 0.6 is 0 Å². The number of nitro groups is 1. The number of cyclic esters (lactones) is 2. The minimum Gasteiger partial charge on any atom is -0.459 e. The Morgan fingerprint density at radius 3 is 1.57 bits per heavy atom. The molecule has 2 rings (SSSR count). The minimum atomic E-state index is -2.05. The van der Waals surface area contributed by atoms with Crippen LogP contribution in [0.5, 0.6) is 0 Å². The lowest BCUT2D eigenvalue weighted by Crippen LogP contribution is -2.49. The van der Waals surface area contributed by atoms with Crippen molar-refractivity contribution in [1.82, 2.24) is 0 Å². The summed E-state index contributed by atoms with van der Waals surface area (Å²) in [7, 11) is -3.89. The Labute approximate surface area is 244 Å². The fourth-order valence-corrected chi connectivity index (χ4v) is 18.1. The number of nitrogens with zero attached hydrogens (tertiary/aromatic N) is 1. The molecule has 1 fully saturated rings. The van der Waals surface area contributed by atoms with Gasteiger partial charge < -0.3 is 18.3 Å². The van der Waals surface area contributed by atoms with Gasteiger partial charge in [-0.3, -0.25) is 14.9 Å². The molecule has 40 heavy (non-hydrogen) atoms. The van der Waals surface area contributed by atoms with E-state index in [1.54, 1.807) is 6.08 Å². The topological polar surface area (TPSA) is 114 Å². The van der Waals surface area contributed by atoms with Crippen molar-refractivity contribution in [1.29, 1.82) is 0 Å². The molecule has 232 valence electrons. The molecule has 0 aromatic carbocycles. The first-order valence-corrected chi connectivity index (χ1v) is 19.2. The third-order valence-corrected chi connectivity index (χ3v) is 20.9. The van der Waals surface area contributed by atoms with Crippen LogP contribution in [-0.2, 0) is 27.9 Å². The van der Waals surface area contributed by atoms with Gasteiger partial charge >= 0.3 is 11.9 Å². The van der Waals surface area contributed by atoms with E-state index in [2.05, 4.69) is 83.1 Å². The number of ether oxygens (including phenoxy) is 2. The molecule has 0 spiro atoms. The highest BCUT2D eigenvalue weighted by molar-refractivity contribution is 6.78. The Morgan fingerprint density at radius 2 is 1.23 bits per heavy atom. The summed E-state index contributed by atoms with van der Waals surface area (Å²) in [5.41, 5.74) is 2.95. The lowest BCUT2D eigenvalue weighted by molar-refractivity contribution is -0.489. The Balaban J connectivity index is 0.000000408. The summed E-state index contributed by atoms with van der Waals surface area (Å²) in [4.78, 5) is 32.9. The second-order valence-corrected chi connectivity index (χ2v) is 24.0. The quantitative estimate of drug-likeness (QED) is 0.0901. The van der Waals surface area contributed by atoms with Crippen molar-refractivity contribution in [3.63, 3.8) is 0 Å². The standard InChI is InChI=1S/C15H29NO5Si.C14H26O3Si/c1-10(2)22(11(3)4,12(5)6)20-9-14-13(8-16(18)19)7-15(17)21-14;1-10(2)18(11(3)4,12(5)6)16-9-13-7-8-14(15)17-13/h10-14H,7-9H2,1-6H3;7-8,10-13H,9H2,1-6H3/t13-,14-;13-/m10/s1. The molecule has 2 aliphatic rings. The Morgan fingerprint density at radius 1 is 0.800 bits per heavy atom. The van der Waals surface area contributed by atoms with Crippen molar-refractivity contribution in [2.45, 2.75) is 135 Å². The zero-order valence-electron chi connectivity index (χ0n) is 26.9. The van der Waals surface area contributed by atoms with E-state index >= 15 is 0 Å². The molecule has 0 N–H and O–H groups in total. The summed E-state index contributed by atoms with van der Waals surface area (Å²) in [6, 6.07) is 0. The normalized spacial score (nSPS) is 21.6. The molecule has 3 atom stereocenters. The summed E-state index contributed by atoms with van der Waals surface area (Å²) in [6.45, 7) is 27.2. The predicted molar refractivity (Wildman–Crippen MR) is 163 cm³/mol. The average molecular weight is 602 g/mol. The maximum Gasteiger partial charge on any atom is 0.331 e. The molecule has 0 bridgehead atoms. The second-order valence-electron chi connectivity index (χ2n) is 13.1. The molecule has 0 saturated carbocycles. The van der Waals surface area contributed by atoms with Crippen LogP contribution in [0.1, 0.15) is 89.5 Å². The summed E-state index contributed by atoms with van der Waals surface area (Å²) >= 11 is 0. The van der Waals surface area contributed by atoms with Crippen molar-refractivity contribution >= 4 is 28.6 Å². The van der Waals surface area contributed by atoms with E-state index in [0.717, 1.165) is 0 Å². The zero-order valence-corrected chi connectivity index (χ0v) is 28.9. The van der Waals surface area contributed by atoms with Gasteiger partial charge in [0.05, 0.1) is 25.6 Å². The average Bonchev–Trinajstić information content (AvgIpc) is 3.37. The van der Waals surface area contributed by atoms with Crippen LogP contribution in [0, 0.1) is 16.0 Å². The molecule has 2 heterocycles. The van der Waals surface area contributed by atoms with Crippen molar-refractivity contribution < 1.29 is 32.8 Å². The molecule has 11 heteroatoms. The Hall–Kier alpha value is -1.57. The summed E-state index contributed by atoms with van der Waals surface area (Å²) in [6.07, 6.45) is 2.72. The molecule has 2 aliphatic heterocycles. The number of hydrogen-bond acceptors (Lipinski definition) is 8. The molecular weight excluding hydrogens is 546 g/mol. The molecule has 0 aromatic heterocycles. The number of esters is 2. The number of carbonyl (C=O) groups excluding carboxylic acids is 2. The van der Waals surface area contributed by atoms with Crippen LogP contribution in [-0.4, -0.2) is 65.5 Å². The van der Waals surface area contributed by atoms with Gasteiger partial charge in [0.15, 0.2) is 0 Å². The van der Waals surface area contributed by atoms with Crippen LogP contribution in [0.4, 0.5) is 0 Å². The first-order chi connectivity index (χ1) is 18.4. The fraction of sp³-hybridized carbons (Fsp3) is 0.862. The second kappa shape index (κ2) is 15.6.